The second kappa shape index (κ2) is 9.93. The van der Waals surface area contributed by atoms with Crippen LogP contribution in [-0.4, -0.2) is 71.5 Å². The largest absolute Gasteiger partial charge is 0.449 e. The molecule has 0 unspecified atom stereocenters. The van der Waals surface area contributed by atoms with Crippen LogP contribution in [0.5, 0.6) is 0 Å². The van der Waals surface area contributed by atoms with Crippen molar-refractivity contribution in [3.8, 4) is 0 Å². The summed E-state index contributed by atoms with van der Waals surface area (Å²) in [4.78, 5) is 14.5. The number of thiophene rings is 1. The van der Waals surface area contributed by atoms with E-state index >= 15 is 0 Å². The fourth-order valence-corrected chi connectivity index (χ4v) is 8.03. The maximum absolute atomic E-state index is 12.9. The lowest BCUT2D eigenvalue weighted by Crippen LogP contribution is -2.52. The average molecular weight is 492 g/mol. The highest BCUT2D eigenvalue weighted by molar-refractivity contribution is 7.91. The van der Waals surface area contributed by atoms with E-state index < -0.39 is 16.1 Å². The number of ether oxygens (including phenoxy) is 2. The lowest BCUT2D eigenvalue weighted by atomic mass is 9.72. The number of hydrogen-bond acceptors (Lipinski definition) is 7. The number of amides is 1. The number of carbonyl (C=O) groups is 1. The van der Waals surface area contributed by atoms with Gasteiger partial charge in [-0.2, -0.15) is 0 Å². The van der Waals surface area contributed by atoms with E-state index in [9.17, 15) is 13.2 Å². The van der Waals surface area contributed by atoms with Crippen LogP contribution in [0.15, 0.2) is 16.3 Å². The monoisotopic (exact) mass is 491 g/mol. The molecule has 8 nitrogen and oxygen atoms in total. The first-order valence-electron chi connectivity index (χ1n) is 10.9. The van der Waals surface area contributed by atoms with Crippen molar-refractivity contribution in [2.45, 2.75) is 42.4 Å². The van der Waals surface area contributed by atoms with Gasteiger partial charge >= 0.3 is 6.09 Å². The number of fused-ring (bicyclic) bond motifs is 2. The number of carbonyl (C=O) groups excluding carboxylic acids is 1. The zero-order valence-electron chi connectivity index (χ0n) is 17.5. The smallest absolute Gasteiger partial charge is 0.407 e. The quantitative estimate of drug-likeness (QED) is 0.580. The number of nitrogens with one attached hydrogen (secondary N) is 2. The third kappa shape index (κ3) is 5.54. The van der Waals surface area contributed by atoms with Crippen molar-refractivity contribution < 1.29 is 22.7 Å². The molecular formula is C20H30ClN3O5S2. The zero-order valence-corrected chi connectivity index (χ0v) is 19.9. The highest BCUT2D eigenvalue weighted by atomic mass is 35.5. The Morgan fingerprint density at radius 1 is 1.29 bits per heavy atom. The molecule has 2 bridgehead atoms. The Bertz CT molecular complexity index is 870. The van der Waals surface area contributed by atoms with Crippen LogP contribution in [0.3, 0.4) is 0 Å². The van der Waals surface area contributed by atoms with Crippen LogP contribution >= 0.6 is 22.9 Å². The van der Waals surface area contributed by atoms with Crippen LogP contribution in [0.4, 0.5) is 4.79 Å². The molecule has 11 heteroatoms. The summed E-state index contributed by atoms with van der Waals surface area (Å²) in [5.74, 6) is 0.270. The van der Waals surface area contributed by atoms with E-state index in [0.717, 1.165) is 76.3 Å². The van der Waals surface area contributed by atoms with Gasteiger partial charge in [0.15, 0.2) is 0 Å². The summed E-state index contributed by atoms with van der Waals surface area (Å²) in [7, 11) is -3.66. The molecule has 3 atom stereocenters. The number of morpholine rings is 1. The molecule has 0 radical (unpaired) electrons. The second-order valence-electron chi connectivity index (χ2n) is 8.67. The highest BCUT2D eigenvalue weighted by Crippen LogP contribution is 2.52. The summed E-state index contributed by atoms with van der Waals surface area (Å²) in [6.45, 7) is 4.70. The van der Waals surface area contributed by atoms with Gasteiger partial charge in [-0.1, -0.05) is 18.0 Å². The van der Waals surface area contributed by atoms with Gasteiger partial charge in [-0.05, 0) is 43.7 Å². The van der Waals surface area contributed by atoms with Crippen molar-refractivity contribution in [1.29, 1.82) is 0 Å². The molecule has 2 saturated carbocycles. The van der Waals surface area contributed by atoms with E-state index in [1.165, 1.54) is 6.07 Å². The topological polar surface area (TPSA) is 97.0 Å². The summed E-state index contributed by atoms with van der Waals surface area (Å²) in [6.07, 6.45) is 4.23. The highest BCUT2D eigenvalue weighted by Gasteiger charge is 2.53. The van der Waals surface area contributed by atoms with E-state index in [2.05, 4.69) is 14.9 Å². The molecule has 1 saturated heterocycles. The van der Waals surface area contributed by atoms with Crippen LogP contribution in [0.2, 0.25) is 4.34 Å². The average Bonchev–Trinajstić information content (AvgIpc) is 3.25. The van der Waals surface area contributed by atoms with E-state index in [-0.39, 0.29) is 28.2 Å². The molecule has 3 fully saturated rings. The van der Waals surface area contributed by atoms with E-state index in [1.807, 2.05) is 0 Å². The first kappa shape index (κ1) is 23.3. The van der Waals surface area contributed by atoms with Crippen LogP contribution in [0, 0.1) is 11.3 Å². The molecule has 2 aliphatic carbocycles. The van der Waals surface area contributed by atoms with Crippen molar-refractivity contribution in [3.63, 3.8) is 0 Å². The molecule has 1 amide bonds. The van der Waals surface area contributed by atoms with Crippen molar-refractivity contribution in [3.05, 3.63) is 16.5 Å². The molecule has 174 valence electrons. The fraction of sp³-hybridized carbons (Fsp3) is 0.750. The number of halogens is 1. The summed E-state index contributed by atoms with van der Waals surface area (Å²) in [5, 5.41) is 2.82. The standard InChI is InChI=1S/C20H30ClN3O5S2/c21-16-3-4-17(30-16)31(26,27)23-18-15-2-1-6-20(18,7-5-15)14-29-19(25)22-8-9-24-10-12-28-13-11-24/h3-4,15,18,23H,1-2,5-14H2,(H,22,25)/t15-,18-,20+/m0/s1. The summed E-state index contributed by atoms with van der Waals surface area (Å²) in [6, 6.07) is 2.90. The summed E-state index contributed by atoms with van der Waals surface area (Å²) < 4.78 is 40.3. The number of rotatable bonds is 8. The maximum atomic E-state index is 12.9. The molecule has 31 heavy (non-hydrogen) atoms. The van der Waals surface area contributed by atoms with Gasteiger partial charge in [-0.15, -0.1) is 11.3 Å². The van der Waals surface area contributed by atoms with Gasteiger partial charge in [-0.25, -0.2) is 17.9 Å². The Kier molecular flexibility index (Phi) is 7.45. The van der Waals surface area contributed by atoms with E-state index in [4.69, 9.17) is 21.1 Å². The molecule has 3 aliphatic rings. The molecule has 4 rings (SSSR count). The van der Waals surface area contributed by atoms with Gasteiger partial charge in [0.25, 0.3) is 0 Å². The van der Waals surface area contributed by atoms with Gasteiger partial charge in [0.1, 0.15) is 10.8 Å². The predicted molar refractivity (Wildman–Crippen MR) is 119 cm³/mol. The van der Waals surface area contributed by atoms with E-state index in [0.29, 0.717) is 10.9 Å². The third-order valence-corrected chi connectivity index (χ3v) is 9.95. The van der Waals surface area contributed by atoms with Crippen LogP contribution < -0.4 is 10.0 Å². The molecule has 0 aromatic carbocycles. The molecule has 2 heterocycles. The SMILES string of the molecule is O=C(NCCN1CCOCC1)OC[C@@]12CCC[C@@H](CC1)[C@@H]2NS(=O)(=O)c1ccc(Cl)s1. The van der Waals surface area contributed by atoms with E-state index in [1.54, 1.807) is 6.07 Å². The van der Waals surface area contributed by atoms with Crippen LogP contribution in [-0.2, 0) is 19.5 Å². The third-order valence-electron chi connectivity index (χ3n) is 6.78. The first-order valence-corrected chi connectivity index (χ1v) is 13.5. The van der Waals surface area contributed by atoms with Crippen LogP contribution in [0.1, 0.15) is 32.1 Å². The Morgan fingerprint density at radius 2 is 2.10 bits per heavy atom. The van der Waals surface area contributed by atoms with Crippen molar-refractivity contribution >= 4 is 39.1 Å². The van der Waals surface area contributed by atoms with Gasteiger partial charge in [0.05, 0.1) is 17.6 Å². The normalized spacial score (nSPS) is 29.1. The van der Waals surface area contributed by atoms with Crippen molar-refractivity contribution in [1.82, 2.24) is 14.9 Å². The van der Waals surface area contributed by atoms with Crippen LogP contribution in [0.25, 0.3) is 0 Å². The Balaban J connectivity index is 1.32. The molecule has 0 spiro atoms. The minimum absolute atomic E-state index is 0.222. The Morgan fingerprint density at radius 3 is 2.84 bits per heavy atom. The number of sulfonamides is 1. The lowest BCUT2D eigenvalue weighted by molar-refractivity contribution is 0.0356. The lowest BCUT2D eigenvalue weighted by Gasteiger charge is -2.40. The summed E-state index contributed by atoms with van der Waals surface area (Å²) in [5.41, 5.74) is -0.349. The molecule has 1 aliphatic heterocycles. The number of alkyl carbamates (subject to hydrolysis) is 1. The van der Waals surface area contributed by atoms with Gasteiger partial charge in [0, 0.05) is 37.6 Å². The van der Waals surface area contributed by atoms with Crippen molar-refractivity contribution in [2.75, 3.05) is 46.0 Å². The number of nitrogens with zero attached hydrogens (tertiary/aromatic N) is 1. The van der Waals surface area contributed by atoms with Gasteiger partial charge in [-0.3, -0.25) is 4.90 Å². The fourth-order valence-electron chi connectivity index (χ4n) is 5.13. The predicted octanol–water partition coefficient (Wildman–Crippen LogP) is 2.69. The molecule has 1 aromatic rings. The number of hydrogen-bond donors (Lipinski definition) is 2. The second-order valence-corrected chi connectivity index (χ2v) is 12.3. The molecular weight excluding hydrogens is 462 g/mol. The molecule has 2 N–H and O–H groups in total. The van der Waals surface area contributed by atoms with Gasteiger partial charge in [0.2, 0.25) is 10.0 Å². The minimum Gasteiger partial charge on any atom is -0.449 e. The minimum atomic E-state index is -3.66. The Hall–Kier alpha value is -0.910. The maximum Gasteiger partial charge on any atom is 0.407 e. The molecule has 1 aromatic heterocycles. The summed E-state index contributed by atoms with van der Waals surface area (Å²) >= 11 is 6.99. The van der Waals surface area contributed by atoms with Gasteiger partial charge < -0.3 is 14.8 Å². The van der Waals surface area contributed by atoms with Crippen molar-refractivity contribution in [2.24, 2.45) is 11.3 Å². The zero-order chi connectivity index (χ0) is 21.9. The first-order chi connectivity index (χ1) is 14.9. The Labute approximate surface area is 192 Å².